The molecule has 0 radical (unpaired) electrons. The number of hydrogen-bond donors (Lipinski definition) is 2. The van der Waals surface area contributed by atoms with Gasteiger partial charge in [-0.25, -0.2) is 0 Å². The van der Waals surface area contributed by atoms with Crippen molar-refractivity contribution < 1.29 is 68.8 Å². The molecule has 0 atom stereocenters. The normalized spacial score (nSPS) is 9.47. The number of rotatable bonds is 14. The standard InChI is InChI=1S/C10H14O8.C8H19N.C4H6O4.C3H5BrO2.C2H6/c1-7(11)15-5-17-9(13)3-4-10(14)18-6-16-8(2)12;1-6-9(7(2)3)8(4)5;5-3(6)1-2-4(7)8;1-3(5)6-2-4;1-2/h3-6H2,1-2H3;7-8H,6H2,1-5H3;1-2H2,(H,5,6)(H,7,8);2H2,1H3;1-2H3/i;;;;1D. The summed E-state index contributed by atoms with van der Waals surface area (Å²) < 4.78 is 28.2. The van der Waals surface area contributed by atoms with Crippen LogP contribution in [0.25, 0.3) is 0 Å². The van der Waals surface area contributed by atoms with Gasteiger partial charge in [-0.15, -0.1) is 0 Å². The van der Waals surface area contributed by atoms with Crippen LogP contribution in [0.3, 0.4) is 0 Å². The largest absolute Gasteiger partial charge is 0.481 e. The van der Waals surface area contributed by atoms with E-state index in [-0.39, 0.29) is 31.7 Å². The molecule has 0 aromatic rings. The highest BCUT2D eigenvalue weighted by atomic mass is 79.9. The van der Waals surface area contributed by atoms with Crippen LogP contribution in [0.2, 0.25) is 0 Å². The molecule has 0 bridgehead atoms. The van der Waals surface area contributed by atoms with E-state index in [1.807, 2.05) is 0 Å². The zero-order chi connectivity index (χ0) is 35.7. The number of esters is 5. The molecule has 0 heterocycles. The Morgan fingerprint density at radius 2 is 0.977 bits per heavy atom. The van der Waals surface area contributed by atoms with E-state index in [1.54, 1.807) is 6.92 Å². The first-order valence-corrected chi connectivity index (χ1v) is 14.2. The van der Waals surface area contributed by atoms with Gasteiger partial charge in [0.2, 0.25) is 13.6 Å². The summed E-state index contributed by atoms with van der Waals surface area (Å²) in [5.41, 5.74) is 0.294. The van der Waals surface area contributed by atoms with Crippen LogP contribution in [0, 0.1) is 0 Å². The third-order valence-corrected chi connectivity index (χ3v) is 4.23. The van der Waals surface area contributed by atoms with E-state index in [9.17, 15) is 33.6 Å². The van der Waals surface area contributed by atoms with E-state index >= 15 is 0 Å². The summed E-state index contributed by atoms with van der Waals surface area (Å²) in [6.45, 7) is 17.3. The molecule has 0 saturated heterocycles. The van der Waals surface area contributed by atoms with Gasteiger partial charge >= 0.3 is 41.8 Å². The number of carbonyl (C=O) groups is 7. The predicted molar refractivity (Wildman–Crippen MR) is 159 cm³/mol. The van der Waals surface area contributed by atoms with Gasteiger partial charge in [0.15, 0.2) is 0 Å². The van der Waals surface area contributed by atoms with Crippen molar-refractivity contribution in [3.8, 4) is 0 Å². The van der Waals surface area contributed by atoms with Gasteiger partial charge in [0, 0.05) is 34.2 Å². The fourth-order valence-electron chi connectivity index (χ4n) is 2.32. The Bertz CT molecular complexity index is 755. The van der Waals surface area contributed by atoms with Gasteiger partial charge in [-0.3, -0.25) is 38.5 Å². The highest BCUT2D eigenvalue weighted by Gasteiger charge is 2.10. The van der Waals surface area contributed by atoms with Crippen molar-refractivity contribution in [2.75, 3.05) is 25.6 Å². The van der Waals surface area contributed by atoms with Crippen molar-refractivity contribution in [3.63, 3.8) is 0 Å². The SMILES string of the molecule is CC(=O)OCBr.CC(=O)OCOC(=O)CCC(=O)OCOC(C)=O.CCN(C(C)C)C(C)C.O=C(O)CCC(=O)O.[2H]CC. The van der Waals surface area contributed by atoms with Crippen LogP contribution < -0.4 is 0 Å². The Balaban J connectivity index is -0.000000163. The van der Waals surface area contributed by atoms with Crippen LogP contribution in [-0.2, 0) is 57.2 Å². The molecule has 16 heteroatoms. The summed E-state index contributed by atoms with van der Waals surface area (Å²) in [6.07, 6.45) is -1.04. The second kappa shape index (κ2) is 34.9. The fraction of sp³-hybridized carbons (Fsp3) is 0.741. The van der Waals surface area contributed by atoms with E-state index in [0.717, 1.165) is 6.54 Å². The lowest BCUT2D eigenvalue weighted by Crippen LogP contribution is -2.36. The number of halogens is 1. The maximum absolute atomic E-state index is 11.0. The van der Waals surface area contributed by atoms with Crippen molar-refractivity contribution in [2.24, 2.45) is 0 Å². The molecule has 43 heavy (non-hydrogen) atoms. The minimum Gasteiger partial charge on any atom is -0.481 e. The summed E-state index contributed by atoms with van der Waals surface area (Å²) in [5.74, 6) is -4.99. The molecule has 0 unspecified atom stereocenters. The molecule has 0 rings (SSSR count). The fourth-order valence-corrected chi connectivity index (χ4v) is 2.64. The number of ether oxygens (including phenoxy) is 5. The maximum atomic E-state index is 11.0. The predicted octanol–water partition coefficient (Wildman–Crippen LogP) is 3.88. The van der Waals surface area contributed by atoms with Gasteiger partial charge < -0.3 is 33.9 Å². The number of carboxylic acids is 2. The topological polar surface area (TPSA) is 209 Å². The first-order chi connectivity index (χ1) is 20.3. The molecule has 15 nitrogen and oxygen atoms in total. The zero-order valence-electron chi connectivity index (χ0n) is 27.6. The first-order valence-electron chi connectivity index (χ1n) is 13.8. The Labute approximate surface area is 264 Å². The number of carboxylic acid groups (broad SMARTS) is 2. The molecule has 0 aliphatic rings. The Kier molecular flexibility index (Phi) is 37.9. The Morgan fingerprint density at radius 3 is 1.12 bits per heavy atom. The van der Waals surface area contributed by atoms with Gasteiger partial charge in [0.05, 0.1) is 25.7 Å². The van der Waals surface area contributed by atoms with Gasteiger partial charge in [0.1, 0.15) is 5.52 Å². The number of alkyl halides is 1. The molecule has 2 N–H and O–H groups in total. The quantitative estimate of drug-likeness (QED) is 0.114. The number of hydrogen-bond acceptors (Lipinski definition) is 13. The summed E-state index contributed by atoms with van der Waals surface area (Å²) in [4.78, 5) is 74.2. The second-order valence-corrected chi connectivity index (χ2v) is 8.55. The molecule has 0 aliphatic heterocycles. The molecular weight excluding hydrogens is 642 g/mol. The molecule has 0 amide bonds. The van der Waals surface area contributed by atoms with Gasteiger partial charge in [-0.2, -0.15) is 0 Å². The van der Waals surface area contributed by atoms with Crippen LogP contribution in [0.15, 0.2) is 0 Å². The number of aliphatic carboxylic acids is 2. The van der Waals surface area contributed by atoms with E-state index in [0.29, 0.717) is 24.5 Å². The van der Waals surface area contributed by atoms with Gasteiger partial charge in [-0.1, -0.05) is 20.7 Å². The zero-order valence-corrected chi connectivity index (χ0v) is 28.2. The molecule has 0 spiro atoms. The molecule has 0 aromatic carbocycles. The van der Waals surface area contributed by atoms with E-state index in [1.165, 1.54) is 20.8 Å². The lowest BCUT2D eigenvalue weighted by molar-refractivity contribution is -0.171. The second-order valence-electron chi connectivity index (χ2n) is 8.09. The van der Waals surface area contributed by atoms with E-state index < -0.39 is 49.4 Å². The minimum absolute atomic E-state index is 0.222. The van der Waals surface area contributed by atoms with Crippen molar-refractivity contribution >= 4 is 57.7 Å². The number of carbonyl (C=O) groups excluding carboxylic acids is 5. The highest BCUT2D eigenvalue weighted by Crippen LogP contribution is 2.02. The summed E-state index contributed by atoms with van der Waals surface area (Å²) in [7, 11) is 0. The van der Waals surface area contributed by atoms with Crippen molar-refractivity contribution in [1.29, 1.82) is 0 Å². The van der Waals surface area contributed by atoms with Crippen LogP contribution >= 0.6 is 15.9 Å². The van der Waals surface area contributed by atoms with Crippen LogP contribution in [0.1, 0.15) is 96.3 Å². The third-order valence-electron chi connectivity index (χ3n) is 4.00. The summed E-state index contributed by atoms with van der Waals surface area (Å²) in [6, 6.07) is 1.38. The molecule has 0 aromatic heterocycles. The van der Waals surface area contributed by atoms with Crippen molar-refractivity contribution in [3.05, 3.63) is 0 Å². The van der Waals surface area contributed by atoms with Crippen molar-refractivity contribution in [2.45, 2.75) is 107 Å². The minimum atomic E-state index is -1.08. The average molecular weight is 694 g/mol. The summed E-state index contributed by atoms with van der Waals surface area (Å²) in [5, 5.41) is 15.8. The summed E-state index contributed by atoms with van der Waals surface area (Å²) >= 11 is 2.91. The molecule has 0 aliphatic carbocycles. The van der Waals surface area contributed by atoms with Crippen LogP contribution in [0.4, 0.5) is 0 Å². The molecule has 0 fully saturated rings. The van der Waals surface area contributed by atoms with E-state index in [2.05, 4.69) is 79.1 Å². The smallest absolute Gasteiger partial charge is 0.309 e. The Morgan fingerprint density at radius 1 is 0.674 bits per heavy atom. The molecule has 0 saturated carbocycles. The first kappa shape index (κ1) is 46.7. The van der Waals surface area contributed by atoms with Crippen LogP contribution in [0.5, 0.6) is 0 Å². The third kappa shape index (κ3) is 51.9. The van der Waals surface area contributed by atoms with E-state index in [4.69, 9.17) is 11.6 Å². The molecular formula is C27H50BrNO14. The van der Waals surface area contributed by atoms with Gasteiger partial charge in [0.25, 0.3) is 0 Å². The lowest BCUT2D eigenvalue weighted by Gasteiger charge is -2.28. The monoisotopic (exact) mass is 692 g/mol. The van der Waals surface area contributed by atoms with Gasteiger partial charge in [-0.05, 0) is 50.2 Å². The maximum Gasteiger partial charge on any atom is 0.309 e. The number of nitrogens with zero attached hydrogens (tertiary/aromatic N) is 1. The van der Waals surface area contributed by atoms with Crippen LogP contribution in [-0.4, -0.2) is 94.6 Å². The highest BCUT2D eigenvalue weighted by molar-refractivity contribution is 9.09. The lowest BCUT2D eigenvalue weighted by atomic mass is 10.2. The molecule has 254 valence electrons. The van der Waals surface area contributed by atoms with Crippen molar-refractivity contribution in [1.82, 2.24) is 4.90 Å². The average Bonchev–Trinajstić information content (AvgIpc) is 2.87. The Hall–Kier alpha value is -3.27.